The molecule has 0 aromatic rings. The van der Waals surface area contributed by atoms with Gasteiger partial charge in [0.1, 0.15) is 6.61 Å². The molecule has 0 aliphatic carbocycles. The Kier molecular flexibility index (Phi) is 5.10. The molecule has 0 bridgehead atoms. The van der Waals surface area contributed by atoms with Gasteiger partial charge in [0.05, 0.1) is 13.1 Å². The third-order valence-corrected chi connectivity index (χ3v) is 1.41. The summed E-state index contributed by atoms with van der Waals surface area (Å²) in [7, 11) is 0. The second kappa shape index (κ2) is 5.37. The highest BCUT2D eigenvalue weighted by atomic mass is 19.3. The van der Waals surface area contributed by atoms with Gasteiger partial charge in [0, 0.05) is 5.54 Å². The summed E-state index contributed by atoms with van der Waals surface area (Å²) in [6.07, 6.45) is 0. The Hall–Kier alpha value is -0.750. The molecular weight excluding hydrogens is 206 g/mol. The lowest BCUT2D eigenvalue weighted by Gasteiger charge is -2.21. The molecule has 0 rings (SSSR count). The average molecular weight is 224 g/mol. The highest BCUT2D eigenvalue weighted by Gasteiger charge is 2.27. The standard InChI is InChI=1S/C9H18F2N2O2/c1-8(2,3)13-7(15)4-12-5-9(10,11)6-14/h12,14H,4-6H2,1-3H3,(H,13,15). The van der Waals surface area contributed by atoms with Crippen molar-refractivity contribution in [2.75, 3.05) is 19.7 Å². The van der Waals surface area contributed by atoms with E-state index in [1.165, 1.54) is 0 Å². The monoisotopic (exact) mass is 224 g/mol. The molecule has 90 valence electrons. The first-order valence-corrected chi connectivity index (χ1v) is 4.67. The van der Waals surface area contributed by atoms with Crippen molar-refractivity contribution < 1.29 is 18.7 Å². The van der Waals surface area contributed by atoms with Gasteiger partial charge in [-0.3, -0.25) is 4.79 Å². The van der Waals surface area contributed by atoms with E-state index in [2.05, 4.69) is 10.6 Å². The lowest BCUT2D eigenvalue weighted by atomic mass is 10.1. The second-order valence-corrected chi connectivity index (χ2v) is 4.42. The molecule has 4 nitrogen and oxygen atoms in total. The van der Waals surface area contributed by atoms with Gasteiger partial charge in [0.15, 0.2) is 0 Å². The third-order valence-electron chi connectivity index (χ3n) is 1.41. The van der Waals surface area contributed by atoms with Crippen molar-refractivity contribution in [3.63, 3.8) is 0 Å². The van der Waals surface area contributed by atoms with E-state index < -0.39 is 19.1 Å². The molecule has 0 aliphatic rings. The van der Waals surface area contributed by atoms with Crippen LogP contribution in [0.15, 0.2) is 0 Å². The Morgan fingerprint density at radius 2 is 1.87 bits per heavy atom. The van der Waals surface area contributed by atoms with Crippen LogP contribution in [0.25, 0.3) is 0 Å². The van der Waals surface area contributed by atoms with Gasteiger partial charge < -0.3 is 15.7 Å². The van der Waals surface area contributed by atoms with Crippen LogP contribution >= 0.6 is 0 Å². The minimum absolute atomic E-state index is 0.188. The molecule has 6 heteroatoms. The van der Waals surface area contributed by atoms with E-state index in [-0.39, 0.29) is 18.0 Å². The summed E-state index contributed by atoms with van der Waals surface area (Å²) in [5, 5.41) is 13.1. The van der Waals surface area contributed by atoms with Crippen molar-refractivity contribution in [1.82, 2.24) is 10.6 Å². The minimum atomic E-state index is -3.18. The van der Waals surface area contributed by atoms with Crippen LogP contribution in [0.2, 0.25) is 0 Å². The summed E-state index contributed by atoms with van der Waals surface area (Å²) in [5.74, 6) is -3.53. The number of rotatable bonds is 5. The molecule has 0 fully saturated rings. The number of carbonyl (C=O) groups excluding carboxylic acids is 1. The van der Waals surface area contributed by atoms with Gasteiger partial charge in [0.2, 0.25) is 5.91 Å². The van der Waals surface area contributed by atoms with Gasteiger partial charge in [-0.15, -0.1) is 0 Å². The topological polar surface area (TPSA) is 61.4 Å². The fourth-order valence-electron chi connectivity index (χ4n) is 0.877. The average Bonchev–Trinajstić information content (AvgIpc) is 2.00. The van der Waals surface area contributed by atoms with Crippen molar-refractivity contribution in [3.8, 4) is 0 Å². The predicted octanol–water partition coefficient (Wildman–Crippen LogP) is 0.118. The van der Waals surface area contributed by atoms with Gasteiger partial charge in [-0.25, -0.2) is 8.78 Å². The Bertz CT molecular complexity index is 215. The van der Waals surface area contributed by atoms with E-state index in [9.17, 15) is 13.6 Å². The fourth-order valence-corrected chi connectivity index (χ4v) is 0.877. The molecule has 0 saturated heterocycles. The normalized spacial score (nSPS) is 12.7. The summed E-state index contributed by atoms with van der Waals surface area (Å²) in [4.78, 5) is 11.2. The number of hydrogen-bond donors (Lipinski definition) is 3. The number of aliphatic hydroxyl groups excluding tert-OH is 1. The zero-order chi connectivity index (χ0) is 12.1. The van der Waals surface area contributed by atoms with Gasteiger partial charge in [-0.1, -0.05) is 0 Å². The zero-order valence-electron chi connectivity index (χ0n) is 9.23. The number of aliphatic hydroxyl groups is 1. The van der Waals surface area contributed by atoms with Crippen LogP contribution in [0, 0.1) is 0 Å². The first-order chi connectivity index (χ1) is 6.66. The molecule has 0 aliphatic heterocycles. The molecule has 1 amide bonds. The maximum atomic E-state index is 12.5. The molecule has 0 radical (unpaired) electrons. The van der Waals surface area contributed by atoms with Gasteiger partial charge in [0.25, 0.3) is 5.92 Å². The summed E-state index contributed by atoms with van der Waals surface area (Å²) in [6, 6.07) is 0. The molecule has 0 saturated carbocycles. The highest BCUT2D eigenvalue weighted by molar-refractivity contribution is 5.78. The van der Waals surface area contributed by atoms with E-state index in [0.717, 1.165) is 0 Å². The van der Waals surface area contributed by atoms with Crippen LogP contribution < -0.4 is 10.6 Å². The summed E-state index contributed by atoms with van der Waals surface area (Å²) in [5.41, 5.74) is -0.377. The van der Waals surface area contributed by atoms with E-state index in [1.807, 2.05) is 0 Å². The van der Waals surface area contributed by atoms with Crippen LogP contribution in [0.3, 0.4) is 0 Å². The molecule has 0 aromatic carbocycles. The lowest BCUT2D eigenvalue weighted by Crippen LogP contribution is -2.47. The number of alkyl halides is 2. The van der Waals surface area contributed by atoms with Crippen LogP contribution in [0.1, 0.15) is 20.8 Å². The van der Waals surface area contributed by atoms with Crippen molar-refractivity contribution in [2.45, 2.75) is 32.2 Å². The number of halogens is 2. The van der Waals surface area contributed by atoms with Crippen LogP contribution in [0.4, 0.5) is 8.78 Å². The van der Waals surface area contributed by atoms with E-state index in [1.54, 1.807) is 20.8 Å². The molecule has 0 heterocycles. The Balaban J connectivity index is 3.74. The van der Waals surface area contributed by atoms with Gasteiger partial charge in [-0.05, 0) is 20.8 Å². The smallest absolute Gasteiger partial charge is 0.282 e. The largest absolute Gasteiger partial charge is 0.390 e. The quantitative estimate of drug-likeness (QED) is 0.621. The van der Waals surface area contributed by atoms with Crippen molar-refractivity contribution >= 4 is 5.91 Å². The van der Waals surface area contributed by atoms with Crippen LogP contribution in [0.5, 0.6) is 0 Å². The molecule has 0 spiro atoms. The molecule has 0 aromatic heterocycles. The van der Waals surface area contributed by atoms with Gasteiger partial charge in [-0.2, -0.15) is 0 Å². The van der Waals surface area contributed by atoms with E-state index in [4.69, 9.17) is 5.11 Å². The molecule has 0 unspecified atom stereocenters. The second-order valence-electron chi connectivity index (χ2n) is 4.42. The summed E-state index contributed by atoms with van der Waals surface area (Å²) in [6.45, 7) is 3.28. The highest BCUT2D eigenvalue weighted by Crippen LogP contribution is 2.09. The molecule has 15 heavy (non-hydrogen) atoms. The lowest BCUT2D eigenvalue weighted by molar-refractivity contribution is -0.122. The first kappa shape index (κ1) is 14.2. The van der Waals surface area contributed by atoms with Crippen LogP contribution in [-0.2, 0) is 4.79 Å². The molecule has 3 N–H and O–H groups in total. The summed E-state index contributed by atoms with van der Waals surface area (Å²) >= 11 is 0. The maximum Gasteiger partial charge on any atom is 0.282 e. The Labute approximate surface area is 88.0 Å². The zero-order valence-corrected chi connectivity index (χ0v) is 9.23. The third kappa shape index (κ3) is 8.26. The van der Waals surface area contributed by atoms with E-state index >= 15 is 0 Å². The number of nitrogens with one attached hydrogen (secondary N) is 2. The first-order valence-electron chi connectivity index (χ1n) is 4.67. The van der Waals surface area contributed by atoms with Gasteiger partial charge >= 0.3 is 0 Å². The number of amides is 1. The Morgan fingerprint density at radius 1 is 1.33 bits per heavy atom. The maximum absolute atomic E-state index is 12.5. The summed E-state index contributed by atoms with van der Waals surface area (Å²) < 4.78 is 25.0. The number of hydrogen-bond acceptors (Lipinski definition) is 3. The van der Waals surface area contributed by atoms with Crippen LogP contribution in [-0.4, -0.2) is 42.2 Å². The van der Waals surface area contributed by atoms with E-state index in [0.29, 0.717) is 0 Å². The van der Waals surface area contributed by atoms with Crippen molar-refractivity contribution in [3.05, 3.63) is 0 Å². The minimum Gasteiger partial charge on any atom is -0.390 e. The molecular formula is C9H18F2N2O2. The van der Waals surface area contributed by atoms with Crippen molar-refractivity contribution in [1.29, 1.82) is 0 Å². The van der Waals surface area contributed by atoms with Crippen molar-refractivity contribution in [2.24, 2.45) is 0 Å². The SMILES string of the molecule is CC(C)(C)NC(=O)CNCC(F)(F)CO. The Morgan fingerprint density at radius 3 is 2.27 bits per heavy atom. The molecule has 0 atom stereocenters. The predicted molar refractivity (Wildman–Crippen MR) is 52.8 cm³/mol. The number of carbonyl (C=O) groups is 1. The fraction of sp³-hybridized carbons (Fsp3) is 0.889.